The second-order valence-corrected chi connectivity index (χ2v) is 10.5. The number of carbonyl (C=O) groups is 2. The highest BCUT2D eigenvalue weighted by Gasteiger charge is 2.24. The molecule has 0 radical (unpaired) electrons. The summed E-state index contributed by atoms with van der Waals surface area (Å²) < 4.78 is 5.27. The molecule has 0 saturated heterocycles. The molecule has 0 aromatic heterocycles. The lowest BCUT2D eigenvalue weighted by Crippen LogP contribution is -2.50. The fraction of sp³-hybridized carbons (Fsp3) is 0.742. The summed E-state index contributed by atoms with van der Waals surface area (Å²) in [5, 5.41) is 5.70. The van der Waals surface area contributed by atoms with Crippen LogP contribution in [0.15, 0.2) is 30.3 Å². The van der Waals surface area contributed by atoms with Crippen molar-refractivity contribution in [3.8, 4) is 0 Å². The van der Waals surface area contributed by atoms with E-state index in [1.54, 1.807) is 0 Å². The van der Waals surface area contributed by atoms with Gasteiger partial charge in [-0.25, -0.2) is 4.79 Å². The van der Waals surface area contributed by atoms with Crippen LogP contribution < -0.4 is 10.6 Å². The number of hydrogen-bond donors (Lipinski definition) is 2. The van der Waals surface area contributed by atoms with E-state index in [9.17, 15) is 9.59 Å². The van der Waals surface area contributed by atoms with E-state index >= 15 is 0 Å². The van der Waals surface area contributed by atoms with E-state index < -0.39 is 12.1 Å². The van der Waals surface area contributed by atoms with E-state index in [0.29, 0.717) is 6.54 Å². The summed E-state index contributed by atoms with van der Waals surface area (Å²) >= 11 is 0. The number of benzene rings is 1. The zero-order valence-corrected chi connectivity index (χ0v) is 23.5. The third kappa shape index (κ3) is 17.4. The Labute approximate surface area is 221 Å². The smallest absolute Gasteiger partial charge is 0.408 e. The van der Waals surface area contributed by atoms with Gasteiger partial charge in [0.15, 0.2) is 0 Å². The van der Waals surface area contributed by atoms with Gasteiger partial charge in [-0.15, -0.1) is 0 Å². The molecule has 0 spiro atoms. The van der Waals surface area contributed by atoms with E-state index in [-0.39, 0.29) is 18.4 Å². The third-order valence-electron chi connectivity index (χ3n) is 6.76. The number of rotatable bonds is 22. The fourth-order valence-corrected chi connectivity index (χ4v) is 4.42. The minimum absolute atomic E-state index is 0.0138. The van der Waals surface area contributed by atoms with Crippen molar-refractivity contribution in [2.45, 2.75) is 136 Å². The molecule has 0 aliphatic carbocycles. The molecule has 206 valence electrons. The summed E-state index contributed by atoms with van der Waals surface area (Å²) in [4.78, 5) is 24.7. The summed E-state index contributed by atoms with van der Waals surface area (Å²) in [6.45, 7) is 6.98. The minimum Gasteiger partial charge on any atom is -0.445 e. The molecular formula is C31H54N2O3. The van der Waals surface area contributed by atoms with E-state index in [4.69, 9.17) is 4.74 Å². The third-order valence-corrected chi connectivity index (χ3v) is 6.76. The molecule has 0 saturated carbocycles. The van der Waals surface area contributed by atoms with Crippen molar-refractivity contribution in [3.05, 3.63) is 35.9 Å². The lowest BCUT2D eigenvalue weighted by Gasteiger charge is -2.21. The molecular weight excluding hydrogens is 448 g/mol. The van der Waals surface area contributed by atoms with Gasteiger partial charge in [0.1, 0.15) is 12.6 Å². The van der Waals surface area contributed by atoms with Crippen molar-refractivity contribution in [1.29, 1.82) is 0 Å². The van der Waals surface area contributed by atoms with E-state index in [1.807, 2.05) is 44.2 Å². The van der Waals surface area contributed by atoms with Crippen LogP contribution in [0, 0.1) is 5.92 Å². The number of hydrogen-bond acceptors (Lipinski definition) is 3. The molecule has 1 unspecified atom stereocenters. The molecule has 1 atom stereocenters. The summed E-state index contributed by atoms with van der Waals surface area (Å²) in [5.74, 6) is -0.150. The molecule has 5 heteroatoms. The standard InChI is InChI=1S/C31H54N2O3/c1-4-5-6-7-8-9-10-11-12-13-14-15-16-17-18-22-25-32-30(34)29(27(2)3)33-31(35)36-26-28-23-20-19-21-24-28/h19-21,23-24,27,29H,4-18,22,25-26H2,1-3H3,(H,32,34)(H,33,35). The molecule has 1 aromatic carbocycles. The predicted molar refractivity (Wildman–Crippen MR) is 151 cm³/mol. The van der Waals surface area contributed by atoms with E-state index in [1.165, 1.54) is 89.9 Å². The van der Waals surface area contributed by atoms with Gasteiger partial charge in [0, 0.05) is 6.54 Å². The molecule has 5 nitrogen and oxygen atoms in total. The maximum absolute atomic E-state index is 12.6. The summed E-state index contributed by atoms with van der Waals surface area (Å²) in [5.41, 5.74) is 0.918. The SMILES string of the molecule is CCCCCCCCCCCCCCCCCCNC(=O)C(NC(=O)OCc1ccccc1)C(C)C. The van der Waals surface area contributed by atoms with Crippen LogP contribution in [-0.4, -0.2) is 24.6 Å². The molecule has 0 heterocycles. The van der Waals surface area contributed by atoms with Crippen LogP contribution in [0.25, 0.3) is 0 Å². The maximum atomic E-state index is 12.6. The molecule has 0 fully saturated rings. The van der Waals surface area contributed by atoms with Crippen molar-refractivity contribution in [3.63, 3.8) is 0 Å². The largest absolute Gasteiger partial charge is 0.445 e. The number of ether oxygens (including phenoxy) is 1. The molecule has 0 bridgehead atoms. The highest BCUT2D eigenvalue weighted by atomic mass is 16.5. The van der Waals surface area contributed by atoms with Crippen LogP contribution >= 0.6 is 0 Å². The molecule has 1 rings (SSSR count). The fourth-order valence-electron chi connectivity index (χ4n) is 4.42. The topological polar surface area (TPSA) is 67.4 Å². The van der Waals surface area contributed by atoms with Gasteiger partial charge in [0.05, 0.1) is 0 Å². The van der Waals surface area contributed by atoms with E-state index in [0.717, 1.165) is 18.4 Å². The van der Waals surface area contributed by atoms with Gasteiger partial charge in [-0.2, -0.15) is 0 Å². The Morgan fingerprint density at radius 2 is 1.19 bits per heavy atom. The van der Waals surface area contributed by atoms with Crippen LogP contribution in [0.3, 0.4) is 0 Å². The highest BCUT2D eigenvalue weighted by molar-refractivity contribution is 5.85. The molecule has 36 heavy (non-hydrogen) atoms. The number of unbranched alkanes of at least 4 members (excludes halogenated alkanes) is 15. The van der Waals surface area contributed by atoms with Gasteiger partial charge < -0.3 is 15.4 Å². The summed E-state index contributed by atoms with van der Waals surface area (Å²) in [6, 6.07) is 8.94. The molecule has 1 aromatic rings. The van der Waals surface area contributed by atoms with Gasteiger partial charge >= 0.3 is 6.09 Å². The monoisotopic (exact) mass is 502 g/mol. The van der Waals surface area contributed by atoms with Crippen LogP contribution in [0.2, 0.25) is 0 Å². The Bertz CT molecular complexity index is 663. The average molecular weight is 503 g/mol. The van der Waals surface area contributed by atoms with Crippen LogP contribution in [0.5, 0.6) is 0 Å². The Hall–Kier alpha value is -2.04. The van der Waals surface area contributed by atoms with Crippen molar-refractivity contribution >= 4 is 12.0 Å². The first-order chi connectivity index (χ1) is 17.5. The summed E-state index contributed by atoms with van der Waals surface area (Å²) in [7, 11) is 0. The predicted octanol–water partition coefficient (Wildman–Crippen LogP) is 8.32. The van der Waals surface area contributed by atoms with Crippen molar-refractivity contribution < 1.29 is 14.3 Å². The van der Waals surface area contributed by atoms with Crippen molar-refractivity contribution in [1.82, 2.24) is 10.6 Å². The van der Waals surface area contributed by atoms with Crippen molar-refractivity contribution in [2.75, 3.05) is 6.54 Å². The van der Waals surface area contributed by atoms with Gasteiger partial charge in [0.25, 0.3) is 0 Å². The summed E-state index contributed by atoms with van der Waals surface area (Å²) in [6.07, 6.45) is 20.8. The minimum atomic E-state index is -0.589. The Balaban J connectivity index is 1.98. The first kappa shape index (κ1) is 32.0. The molecule has 0 aliphatic heterocycles. The number of amides is 2. The zero-order chi connectivity index (χ0) is 26.3. The van der Waals surface area contributed by atoms with E-state index in [2.05, 4.69) is 17.6 Å². The van der Waals surface area contributed by atoms with Crippen LogP contribution in [0.4, 0.5) is 4.79 Å². The number of alkyl carbamates (subject to hydrolysis) is 1. The van der Waals surface area contributed by atoms with Gasteiger partial charge in [-0.05, 0) is 17.9 Å². The zero-order valence-electron chi connectivity index (χ0n) is 23.5. The van der Waals surface area contributed by atoms with Crippen LogP contribution in [0.1, 0.15) is 129 Å². The van der Waals surface area contributed by atoms with Gasteiger partial charge in [-0.3, -0.25) is 4.79 Å². The first-order valence-electron chi connectivity index (χ1n) is 14.8. The first-order valence-corrected chi connectivity index (χ1v) is 14.8. The molecule has 2 amide bonds. The lowest BCUT2D eigenvalue weighted by molar-refractivity contribution is -0.124. The van der Waals surface area contributed by atoms with Crippen LogP contribution in [-0.2, 0) is 16.1 Å². The second-order valence-electron chi connectivity index (χ2n) is 10.5. The van der Waals surface area contributed by atoms with Crippen molar-refractivity contribution in [2.24, 2.45) is 5.92 Å². The average Bonchev–Trinajstić information content (AvgIpc) is 2.88. The van der Waals surface area contributed by atoms with Gasteiger partial charge in [-0.1, -0.05) is 147 Å². The number of nitrogens with one attached hydrogen (secondary N) is 2. The Morgan fingerprint density at radius 1 is 0.722 bits per heavy atom. The quantitative estimate of drug-likeness (QED) is 0.157. The second kappa shape index (κ2) is 22.2. The molecule has 0 aliphatic rings. The Kier molecular flexibility index (Phi) is 19.7. The number of carbonyl (C=O) groups excluding carboxylic acids is 2. The maximum Gasteiger partial charge on any atom is 0.408 e. The highest BCUT2D eigenvalue weighted by Crippen LogP contribution is 2.13. The lowest BCUT2D eigenvalue weighted by atomic mass is 10.0. The normalized spacial score (nSPS) is 11.9. The molecule has 2 N–H and O–H groups in total. The Morgan fingerprint density at radius 3 is 1.67 bits per heavy atom. The van der Waals surface area contributed by atoms with Gasteiger partial charge in [0.2, 0.25) is 5.91 Å².